The van der Waals surface area contributed by atoms with Crippen molar-refractivity contribution in [3.05, 3.63) is 0 Å². The number of carbonyl (C=O) groups excluding carboxylic acids is 2. The highest BCUT2D eigenvalue weighted by atomic mass is 16.6. The highest BCUT2D eigenvalue weighted by Crippen LogP contribution is 2.47. The van der Waals surface area contributed by atoms with Gasteiger partial charge in [-0.05, 0) is 20.3 Å². The molecule has 5 nitrogen and oxygen atoms in total. The van der Waals surface area contributed by atoms with Gasteiger partial charge in [-0.3, -0.25) is 9.59 Å². The molecule has 1 heterocycles. The zero-order chi connectivity index (χ0) is 11.7. The van der Waals surface area contributed by atoms with Crippen molar-refractivity contribution in [3.63, 3.8) is 0 Å². The van der Waals surface area contributed by atoms with E-state index in [4.69, 9.17) is 14.2 Å². The van der Waals surface area contributed by atoms with Crippen molar-refractivity contribution in [1.82, 2.24) is 0 Å². The Morgan fingerprint density at radius 3 is 2.44 bits per heavy atom. The van der Waals surface area contributed by atoms with Crippen LogP contribution in [0.25, 0.3) is 0 Å². The van der Waals surface area contributed by atoms with Crippen LogP contribution in [0.1, 0.15) is 20.3 Å². The van der Waals surface area contributed by atoms with Crippen LogP contribution in [0.5, 0.6) is 0 Å². The molecule has 90 valence electrons. The van der Waals surface area contributed by atoms with Crippen LogP contribution in [0.3, 0.4) is 0 Å². The van der Waals surface area contributed by atoms with Crippen molar-refractivity contribution < 1.29 is 23.8 Å². The number of carbonyl (C=O) groups is 2. The molecule has 0 aromatic rings. The Morgan fingerprint density at radius 1 is 1.19 bits per heavy atom. The van der Waals surface area contributed by atoms with E-state index >= 15 is 0 Å². The summed E-state index contributed by atoms with van der Waals surface area (Å²) in [4.78, 5) is 23.3. The van der Waals surface area contributed by atoms with Crippen LogP contribution >= 0.6 is 0 Å². The topological polar surface area (TPSA) is 65.1 Å². The Balaban J connectivity index is 2.02. The number of hydrogen-bond acceptors (Lipinski definition) is 5. The predicted molar refractivity (Wildman–Crippen MR) is 53.5 cm³/mol. The van der Waals surface area contributed by atoms with Crippen molar-refractivity contribution >= 4 is 11.9 Å². The van der Waals surface area contributed by atoms with Gasteiger partial charge >= 0.3 is 11.9 Å². The predicted octanol–water partition coefficient (Wildman–Crippen LogP) is 0.516. The third-order valence-corrected chi connectivity index (χ3v) is 3.04. The monoisotopic (exact) mass is 228 g/mol. The number of hydrogen-bond donors (Lipinski definition) is 0. The summed E-state index contributed by atoms with van der Waals surface area (Å²) < 4.78 is 15.2. The number of rotatable bonds is 4. The molecular weight excluding hydrogens is 212 g/mol. The molecule has 2 fully saturated rings. The second-order valence-corrected chi connectivity index (χ2v) is 4.01. The lowest BCUT2D eigenvalue weighted by molar-refractivity contribution is -0.161. The molecule has 0 N–H and O–H groups in total. The zero-order valence-corrected chi connectivity index (χ0v) is 9.47. The molecule has 0 radical (unpaired) electrons. The first-order valence-electron chi connectivity index (χ1n) is 5.67. The summed E-state index contributed by atoms with van der Waals surface area (Å²) in [6.07, 6.45) is 0.491. The maximum Gasteiger partial charge on any atom is 0.312 e. The number of fused-ring (bicyclic) bond motifs is 1. The Kier molecular flexibility index (Phi) is 3.14. The van der Waals surface area contributed by atoms with Crippen molar-refractivity contribution in [2.45, 2.75) is 32.5 Å². The first kappa shape index (κ1) is 11.4. The molecule has 2 rings (SSSR count). The van der Waals surface area contributed by atoms with E-state index in [0.29, 0.717) is 19.6 Å². The lowest BCUT2D eigenvalue weighted by Crippen LogP contribution is -2.32. The van der Waals surface area contributed by atoms with E-state index in [2.05, 4.69) is 0 Å². The molecule has 2 aliphatic rings. The van der Waals surface area contributed by atoms with Crippen molar-refractivity contribution in [3.8, 4) is 0 Å². The van der Waals surface area contributed by atoms with E-state index in [1.807, 2.05) is 0 Å². The summed E-state index contributed by atoms with van der Waals surface area (Å²) in [5.74, 6) is -1.51. The molecule has 0 aromatic carbocycles. The Hall–Kier alpha value is -1.10. The van der Waals surface area contributed by atoms with Gasteiger partial charge in [0.1, 0.15) is 0 Å². The smallest absolute Gasteiger partial charge is 0.312 e. The van der Waals surface area contributed by atoms with Crippen molar-refractivity contribution in [2.24, 2.45) is 11.8 Å². The lowest BCUT2D eigenvalue weighted by Gasteiger charge is -2.18. The first-order chi connectivity index (χ1) is 7.69. The summed E-state index contributed by atoms with van der Waals surface area (Å²) >= 11 is 0. The van der Waals surface area contributed by atoms with Crippen LogP contribution in [0, 0.1) is 11.8 Å². The maximum absolute atomic E-state index is 11.7. The van der Waals surface area contributed by atoms with Crippen LogP contribution in [-0.4, -0.2) is 37.4 Å². The summed E-state index contributed by atoms with van der Waals surface area (Å²) in [5, 5.41) is 0. The van der Waals surface area contributed by atoms with Gasteiger partial charge in [0, 0.05) is 0 Å². The number of ether oxygens (including phenoxy) is 3. The second kappa shape index (κ2) is 4.41. The number of esters is 2. The molecule has 1 aliphatic heterocycles. The fraction of sp³-hybridized carbons (Fsp3) is 0.818. The SMILES string of the molecule is CCOC(=O)C1CC2OC2C1C(=O)OCC. The van der Waals surface area contributed by atoms with Crippen molar-refractivity contribution in [1.29, 1.82) is 0 Å². The van der Waals surface area contributed by atoms with E-state index in [-0.39, 0.29) is 30.1 Å². The van der Waals surface area contributed by atoms with Gasteiger partial charge in [0.25, 0.3) is 0 Å². The second-order valence-electron chi connectivity index (χ2n) is 4.01. The quantitative estimate of drug-likeness (QED) is 0.518. The largest absolute Gasteiger partial charge is 0.466 e. The highest BCUT2D eigenvalue weighted by Gasteiger charge is 2.61. The van der Waals surface area contributed by atoms with Gasteiger partial charge in [-0.15, -0.1) is 0 Å². The molecule has 1 saturated heterocycles. The van der Waals surface area contributed by atoms with E-state index < -0.39 is 5.92 Å². The van der Waals surface area contributed by atoms with Gasteiger partial charge in [0.2, 0.25) is 0 Å². The molecule has 16 heavy (non-hydrogen) atoms. The van der Waals surface area contributed by atoms with Gasteiger partial charge in [0.05, 0.1) is 37.3 Å². The minimum atomic E-state index is -0.469. The van der Waals surface area contributed by atoms with Crippen LogP contribution in [0.2, 0.25) is 0 Å². The lowest BCUT2D eigenvalue weighted by atomic mass is 9.95. The molecule has 4 atom stereocenters. The zero-order valence-electron chi connectivity index (χ0n) is 9.47. The first-order valence-corrected chi connectivity index (χ1v) is 5.67. The maximum atomic E-state index is 11.7. The molecule has 0 spiro atoms. The van der Waals surface area contributed by atoms with E-state index in [1.54, 1.807) is 13.8 Å². The highest BCUT2D eigenvalue weighted by molar-refractivity contribution is 5.84. The van der Waals surface area contributed by atoms with Gasteiger partial charge < -0.3 is 14.2 Å². The average Bonchev–Trinajstić information content (AvgIpc) is 2.90. The Morgan fingerprint density at radius 2 is 1.81 bits per heavy atom. The fourth-order valence-corrected chi connectivity index (χ4v) is 2.32. The molecule has 4 unspecified atom stereocenters. The summed E-state index contributed by atoms with van der Waals surface area (Å²) in [6.45, 7) is 4.16. The molecule has 1 saturated carbocycles. The third-order valence-electron chi connectivity index (χ3n) is 3.04. The molecule has 0 bridgehead atoms. The third kappa shape index (κ3) is 1.91. The van der Waals surface area contributed by atoms with Crippen molar-refractivity contribution in [2.75, 3.05) is 13.2 Å². The fourth-order valence-electron chi connectivity index (χ4n) is 2.32. The summed E-state index contributed by atoms with van der Waals surface area (Å²) in [5.41, 5.74) is 0. The van der Waals surface area contributed by atoms with E-state index in [0.717, 1.165) is 0 Å². The standard InChI is InChI=1S/C11H16O5/c1-3-14-10(12)6-5-7-9(16-7)8(6)11(13)15-4-2/h6-9H,3-5H2,1-2H3. The van der Waals surface area contributed by atoms with Gasteiger partial charge in [-0.1, -0.05) is 0 Å². The molecule has 5 heteroatoms. The average molecular weight is 228 g/mol. The van der Waals surface area contributed by atoms with Crippen LogP contribution in [-0.2, 0) is 23.8 Å². The van der Waals surface area contributed by atoms with Gasteiger partial charge in [-0.25, -0.2) is 0 Å². The Bertz CT molecular complexity index is 301. The number of epoxide rings is 1. The van der Waals surface area contributed by atoms with Crippen LogP contribution < -0.4 is 0 Å². The van der Waals surface area contributed by atoms with Gasteiger partial charge in [0.15, 0.2) is 0 Å². The minimum Gasteiger partial charge on any atom is -0.466 e. The van der Waals surface area contributed by atoms with E-state index in [1.165, 1.54) is 0 Å². The van der Waals surface area contributed by atoms with E-state index in [9.17, 15) is 9.59 Å². The molecule has 0 amide bonds. The minimum absolute atomic E-state index is 0.0452. The summed E-state index contributed by atoms with van der Waals surface area (Å²) in [7, 11) is 0. The van der Waals surface area contributed by atoms with Gasteiger partial charge in [-0.2, -0.15) is 0 Å². The molecule has 1 aliphatic carbocycles. The molecular formula is C11H16O5. The summed E-state index contributed by atoms with van der Waals surface area (Å²) in [6, 6.07) is 0. The van der Waals surface area contributed by atoms with Crippen LogP contribution in [0.15, 0.2) is 0 Å². The molecule has 0 aromatic heterocycles. The van der Waals surface area contributed by atoms with Crippen LogP contribution in [0.4, 0.5) is 0 Å². The Labute approximate surface area is 94.0 Å². The normalized spacial score (nSPS) is 35.4.